The quantitative estimate of drug-likeness (QED) is 0.871. The Bertz CT molecular complexity index is 562. The molecule has 0 unspecified atom stereocenters. The molecule has 2 aliphatic carbocycles. The van der Waals surface area contributed by atoms with Gasteiger partial charge in [0.05, 0.1) is 24.2 Å². The Morgan fingerprint density at radius 2 is 2.14 bits per heavy atom. The van der Waals surface area contributed by atoms with Gasteiger partial charge in [0.2, 0.25) is 0 Å². The van der Waals surface area contributed by atoms with Crippen LogP contribution in [-0.2, 0) is 10.2 Å². The largest absolute Gasteiger partial charge is 0.493 e. The minimum absolute atomic E-state index is 0.428. The summed E-state index contributed by atoms with van der Waals surface area (Å²) < 4.78 is 11.1. The molecule has 0 bridgehead atoms. The van der Waals surface area contributed by atoms with Gasteiger partial charge < -0.3 is 14.6 Å². The summed E-state index contributed by atoms with van der Waals surface area (Å²) in [5.74, 6) is 0.862. The van der Waals surface area contributed by atoms with Crippen molar-refractivity contribution >= 4 is 17.6 Å². The van der Waals surface area contributed by atoms with Gasteiger partial charge in [-0.15, -0.1) is 0 Å². The number of halogens is 1. The van der Waals surface area contributed by atoms with Crippen molar-refractivity contribution in [2.45, 2.75) is 37.5 Å². The normalized spacial score (nSPS) is 19.7. The number of rotatable bonds is 6. The van der Waals surface area contributed by atoms with Gasteiger partial charge in [0, 0.05) is 0 Å². The first kappa shape index (κ1) is 14.5. The van der Waals surface area contributed by atoms with E-state index in [1.54, 1.807) is 19.2 Å². The summed E-state index contributed by atoms with van der Waals surface area (Å²) in [4.78, 5) is 11.6. The molecule has 5 heteroatoms. The standard InChI is InChI=1S/C16H19ClO4/c1-20-13-8-11(16(15(18)19)5-2-6-16)7-12(17)14(13)21-9-10-3-4-10/h7-8,10H,2-6,9H2,1H3,(H,18,19). The van der Waals surface area contributed by atoms with E-state index in [1.807, 2.05) is 0 Å². The van der Waals surface area contributed by atoms with Gasteiger partial charge in [0.1, 0.15) is 0 Å². The second-order valence-electron chi connectivity index (χ2n) is 5.98. The number of methoxy groups -OCH3 is 1. The van der Waals surface area contributed by atoms with Crippen LogP contribution in [0.25, 0.3) is 0 Å². The van der Waals surface area contributed by atoms with Crippen molar-refractivity contribution in [2.75, 3.05) is 13.7 Å². The van der Waals surface area contributed by atoms with Crippen LogP contribution in [0.4, 0.5) is 0 Å². The van der Waals surface area contributed by atoms with E-state index < -0.39 is 11.4 Å². The lowest BCUT2D eigenvalue weighted by atomic mass is 9.64. The van der Waals surface area contributed by atoms with E-state index in [4.69, 9.17) is 21.1 Å². The molecule has 0 aromatic heterocycles. The van der Waals surface area contributed by atoms with E-state index >= 15 is 0 Å². The smallest absolute Gasteiger partial charge is 0.314 e. The molecule has 0 heterocycles. The Kier molecular flexibility index (Phi) is 3.74. The monoisotopic (exact) mass is 310 g/mol. The zero-order valence-electron chi connectivity index (χ0n) is 12.0. The molecule has 0 amide bonds. The predicted molar refractivity (Wildman–Crippen MR) is 79.4 cm³/mol. The third-order valence-corrected chi connectivity index (χ3v) is 4.84. The maximum atomic E-state index is 11.6. The molecule has 0 spiro atoms. The first-order valence-electron chi connectivity index (χ1n) is 7.31. The summed E-state index contributed by atoms with van der Waals surface area (Å²) in [5, 5.41) is 9.96. The summed E-state index contributed by atoms with van der Waals surface area (Å²) >= 11 is 6.31. The van der Waals surface area contributed by atoms with Crippen molar-refractivity contribution < 1.29 is 19.4 Å². The van der Waals surface area contributed by atoms with Crippen molar-refractivity contribution in [1.29, 1.82) is 0 Å². The Morgan fingerprint density at radius 3 is 2.62 bits per heavy atom. The third kappa shape index (κ3) is 2.57. The van der Waals surface area contributed by atoms with Crippen molar-refractivity contribution in [3.05, 3.63) is 22.7 Å². The molecule has 114 valence electrons. The molecule has 2 fully saturated rings. The Morgan fingerprint density at radius 1 is 1.43 bits per heavy atom. The number of carboxylic acid groups (broad SMARTS) is 1. The number of aliphatic carboxylic acids is 1. The van der Waals surface area contributed by atoms with Crippen LogP contribution in [0.15, 0.2) is 12.1 Å². The van der Waals surface area contributed by atoms with Gasteiger partial charge in [-0.3, -0.25) is 4.79 Å². The van der Waals surface area contributed by atoms with Crippen molar-refractivity contribution in [3.63, 3.8) is 0 Å². The lowest BCUT2D eigenvalue weighted by molar-refractivity contribution is -0.147. The van der Waals surface area contributed by atoms with Crippen LogP contribution < -0.4 is 9.47 Å². The van der Waals surface area contributed by atoms with Crippen LogP contribution in [-0.4, -0.2) is 24.8 Å². The predicted octanol–water partition coefficient (Wildman–Crippen LogP) is 3.64. The van der Waals surface area contributed by atoms with Gasteiger partial charge in [0.25, 0.3) is 0 Å². The van der Waals surface area contributed by atoms with E-state index in [0.717, 1.165) is 6.42 Å². The summed E-state index contributed by atoms with van der Waals surface area (Å²) in [6.07, 6.45) is 4.60. The van der Waals surface area contributed by atoms with Crippen molar-refractivity contribution in [3.8, 4) is 11.5 Å². The van der Waals surface area contributed by atoms with Crippen LogP contribution in [0.1, 0.15) is 37.7 Å². The minimum atomic E-state index is -0.814. The molecule has 0 aliphatic heterocycles. The van der Waals surface area contributed by atoms with Crippen molar-refractivity contribution in [2.24, 2.45) is 5.92 Å². The van der Waals surface area contributed by atoms with Gasteiger partial charge in [-0.05, 0) is 49.3 Å². The Balaban J connectivity index is 1.92. The fraction of sp³-hybridized carbons (Fsp3) is 0.562. The zero-order valence-corrected chi connectivity index (χ0v) is 12.8. The van der Waals surface area contributed by atoms with Crippen LogP contribution in [0.2, 0.25) is 5.02 Å². The van der Waals surface area contributed by atoms with Gasteiger partial charge in [-0.2, -0.15) is 0 Å². The molecule has 2 aliphatic rings. The summed E-state index contributed by atoms with van der Waals surface area (Å²) in [6.45, 7) is 0.638. The highest BCUT2D eigenvalue weighted by Crippen LogP contribution is 2.48. The average molecular weight is 311 g/mol. The highest BCUT2D eigenvalue weighted by molar-refractivity contribution is 6.32. The average Bonchev–Trinajstić information content (AvgIpc) is 3.19. The number of hydrogen-bond donors (Lipinski definition) is 1. The fourth-order valence-corrected chi connectivity index (χ4v) is 3.04. The lowest BCUT2D eigenvalue weighted by Crippen LogP contribution is -2.42. The van der Waals surface area contributed by atoms with Crippen LogP contribution in [0.3, 0.4) is 0 Å². The first-order valence-corrected chi connectivity index (χ1v) is 7.69. The molecule has 1 N–H and O–H groups in total. The minimum Gasteiger partial charge on any atom is -0.493 e. The van der Waals surface area contributed by atoms with Gasteiger partial charge in [0.15, 0.2) is 11.5 Å². The lowest BCUT2D eigenvalue weighted by Gasteiger charge is -2.38. The van der Waals surface area contributed by atoms with Crippen LogP contribution in [0, 0.1) is 5.92 Å². The third-order valence-electron chi connectivity index (χ3n) is 4.56. The molecular formula is C16H19ClO4. The Labute approximate surface area is 129 Å². The Hall–Kier alpha value is -1.42. The molecule has 0 atom stereocenters. The molecule has 0 saturated heterocycles. The van der Waals surface area contributed by atoms with E-state index in [-0.39, 0.29) is 0 Å². The van der Waals surface area contributed by atoms with Crippen LogP contribution in [0.5, 0.6) is 11.5 Å². The zero-order chi connectivity index (χ0) is 15.0. The maximum absolute atomic E-state index is 11.6. The summed E-state index contributed by atoms with van der Waals surface area (Å²) in [6, 6.07) is 3.49. The molecule has 3 rings (SSSR count). The number of benzene rings is 1. The topological polar surface area (TPSA) is 55.8 Å². The molecule has 1 aromatic carbocycles. The van der Waals surface area contributed by atoms with Crippen LogP contribution >= 0.6 is 11.6 Å². The number of carboxylic acids is 1. The number of carbonyl (C=O) groups is 1. The number of ether oxygens (including phenoxy) is 2. The fourth-order valence-electron chi connectivity index (χ4n) is 2.78. The van der Waals surface area contributed by atoms with Gasteiger partial charge in [-0.1, -0.05) is 18.0 Å². The van der Waals surface area contributed by atoms with E-state index in [0.29, 0.717) is 47.5 Å². The summed E-state index contributed by atoms with van der Waals surface area (Å²) in [7, 11) is 1.55. The molecule has 4 nitrogen and oxygen atoms in total. The SMILES string of the molecule is COc1cc(C2(C(=O)O)CCC2)cc(Cl)c1OCC1CC1. The van der Waals surface area contributed by atoms with E-state index in [9.17, 15) is 9.90 Å². The highest BCUT2D eigenvalue weighted by Gasteiger charge is 2.46. The van der Waals surface area contributed by atoms with Crippen molar-refractivity contribution in [1.82, 2.24) is 0 Å². The molecule has 0 radical (unpaired) electrons. The molecule has 1 aromatic rings. The maximum Gasteiger partial charge on any atom is 0.314 e. The molecule has 2 saturated carbocycles. The van der Waals surface area contributed by atoms with Gasteiger partial charge >= 0.3 is 5.97 Å². The van der Waals surface area contributed by atoms with Gasteiger partial charge in [-0.25, -0.2) is 0 Å². The summed E-state index contributed by atoms with van der Waals surface area (Å²) in [5.41, 5.74) is -0.103. The number of hydrogen-bond acceptors (Lipinski definition) is 3. The second-order valence-corrected chi connectivity index (χ2v) is 6.39. The molecular weight excluding hydrogens is 292 g/mol. The highest BCUT2D eigenvalue weighted by atomic mass is 35.5. The molecule has 21 heavy (non-hydrogen) atoms. The second kappa shape index (κ2) is 5.41. The first-order chi connectivity index (χ1) is 10.1. The van der Waals surface area contributed by atoms with E-state index in [1.165, 1.54) is 12.8 Å². The van der Waals surface area contributed by atoms with E-state index in [2.05, 4.69) is 0 Å².